The quantitative estimate of drug-likeness (QED) is 0.676. The number of hydrogen-bond donors (Lipinski definition) is 1. The zero-order valence-electron chi connectivity index (χ0n) is 11.1. The Balaban J connectivity index is 2.39. The molecular formula is C16H16N2S. The largest absolute Gasteiger partial charge is 0.330 e. The summed E-state index contributed by atoms with van der Waals surface area (Å²) in [5, 5.41) is 0. The molecule has 0 radical (unpaired) electrons. The number of para-hydroxylation sites is 1. The van der Waals surface area contributed by atoms with Crippen LogP contribution in [0.25, 0.3) is 16.7 Å². The fourth-order valence-corrected chi connectivity index (χ4v) is 2.79. The zero-order valence-corrected chi connectivity index (χ0v) is 11.9. The van der Waals surface area contributed by atoms with Crippen molar-refractivity contribution >= 4 is 23.3 Å². The Labute approximate surface area is 117 Å². The van der Waals surface area contributed by atoms with E-state index >= 15 is 0 Å². The molecule has 0 aliphatic rings. The molecule has 3 aromatic rings. The summed E-state index contributed by atoms with van der Waals surface area (Å²) < 4.78 is 2.89. The predicted octanol–water partition coefficient (Wildman–Crippen LogP) is 4.56. The second-order valence-electron chi connectivity index (χ2n) is 4.77. The second kappa shape index (κ2) is 4.67. The van der Waals surface area contributed by atoms with Gasteiger partial charge in [-0.2, -0.15) is 0 Å². The summed E-state index contributed by atoms with van der Waals surface area (Å²) in [6.07, 6.45) is 0.996. The molecule has 0 saturated carbocycles. The van der Waals surface area contributed by atoms with Crippen LogP contribution >= 0.6 is 12.2 Å². The van der Waals surface area contributed by atoms with E-state index in [0.717, 1.165) is 22.2 Å². The van der Waals surface area contributed by atoms with Gasteiger partial charge in [-0.1, -0.05) is 31.2 Å². The summed E-state index contributed by atoms with van der Waals surface area (Å²) in [5.41, 5.74) is 5.95. The smallest absolute Gasteiger partial charge is 0.182 e. The molecule has 1 aromatic heterocycles. The highest BCUT2D eigenvalue weighted by atomic mass is 32.1. The first kappa shape index (κ1) is 12.2. The fraction of sp³-hybridized carbons (Fsp3) is 0.188. The Morgan fingerprint density at radius 1 is 1.16 bits per heavy atom. The van der Waals surface area contributed by atoms with Crippen LogP contribution in [0.15, 0.2) is 42.5 Å². The number of aryl methyl sites for hydroxylation is 2. The molecule has 1 heterocycles. The fourth-order valence-electron chi connectivity index (χ4n) is 2.48. The number of H-pyrrole nitrogens is 1. The van der Waals surface area contributed by atoms with Crippen LogP contribution in [0.3, 0.4) is 0 Å². The first-order chi connectivity index (χ1) is 9.20. The third-order valence-electron chi connectivity index (χ3n) is 3.45. The molecule has 0 fully saturated rings. The molecular weight excluding hydrogens is 252 g/mol. The van der Waals surface area contributed by atoms with Crippen LogP contribution in [-0.4, -0.2) is 9.55 Å². The van der Waals surface area contributed by atoms with Gasteiger partial charge >= 0.3 is 0 Å². The summed E-state index contributed by atoms with van der Waals surface area (Å²) >= 11 is 5.49. The van der Waals surface area contributed by atoms with Crippen LogP contribution in [0.4, 0.5) is 0 Å². The first-order valence-electron chi connectivity index (χ1n) is 6.50. The van der Waals surface area contributed by atoms with E-state index in [1.54, 1.807) is 0 Å². The van der Waals surface area contributed by atoms with Gasteiger partial charge in [0.05, 0.1) is 16.7 Å². The lowest BCUT2D eigenvalue weighted by atomic mass is 10.1. The summed E-state index contributed by atoms with van der Waals surface area (Å²) in [4.78, 5) is 3.28. The maximum absolute atomic E-state index is 5.49. The summed E-state index contributed by atoms with van der Waals surface area (Å²) in [5.74, 6) is 0. The van der Waals surface area contributed by atoms with Crippen LogP contribution < -0.4 is 0 Å². The number of fused-ring (bicyclic) bond motifs is 1. The van der Waals surface area contributed by atoms with E-state index in [-0.39, 0.29) is 0 Å². The van der Waals surface area contributed by atoms with Gasteiger partial charge in [0.15, 0.2) is 4.77 Å². The minimum Gasteiger partial charge on any atom is -0.330 e. The molecule has 1 N–H and O–H groups in total. The van der Waals surface area contributed by atoms with Crippen molar-refractivity contribution in [3.8, 4) is 5.69 Å². The zero-order chi connectivity index (χ0) is 13.4. The minimum absolute atomic E-state index is 0.751. The van der Waals surface area contributed by atoms with Crippen LogP contribution in [-0.2, 0) is 6.42 Å². The molecule has 3 heteroatoms. The summed E-state index contributed by atoms with van der Waals surface area (Å²) in [7, 11) is 0. The highest BCUT2D eigenvalue weighted by Crippen LogP contribution is 2.23. The number of nitrogens with zero attached hydrogens (tertiary/aromatic N) is 1. The maximum Gasteiger partial charge on any atom is 0.182 e. The number of imidazole rings is 1. The Kier molecular flexibility index (Phi) is 2.99. The molecule has 0 bridgehead atoms. The van der Waals surface area contributed by atoms with Gasteiger partial charge < -0.3 is 4.98 Å². The van der Waals surface area contributed by atoms with Gasteiger partial charge in [0, 0.05) is 0 Å². The normalized spacial score (nSPS) is 11.1. The van der Waals surface area contributed by atoms with Crippen LogP contribution in [0.1, 0.15) is 18.1 Å². The first-order valence-corrected chi connectivity index (χ1v) is 6.91. The van der Waals surface area contributed by atoms with Crippen molar-refractivity contribution in [2.45, 2.75) is 20.3 Å². The topological polar surface area (TPSA) is 20.7 Å². The molecule has 0 aliphatic heterocycles. The summed E-state index contributed by atoms with van der Waals surface area (Å²) in [6.45, 7) is 4.27. The van der Waals surface area contributed by atoms with E-state index in [9.17, 15) is 0 Å². The van der Waals surface area contributed by atoms with Gasteiger partial charge in [-0.15, -0.1) is 0 Å². The molecule has 0 amide bonds. The SMILES string of the molecule is CCc1ccccc1-n1c(=S)[nH]c2ccc(C)cc21. The van der Waals surface area contributed by atoms with Gasteiger partial charge in [0.1, 0.15) is 0 Å². The van der Waals surface area contributed by atoms with Crippen LogP contribution in [0.2, 0.25) is 0 Å². The van der Waals surface area contributed by atoms with Crippen molar-refractivity contribution in [1.82, 2.24) is 9.55 Å². The number of hydrogen-bond acceptors (Lipinski definition) is 1. The molecule has 0 spiro atoms. The van der Waals surface area contributed by atoms with Gasteiger partial charge in [-0.3, -0.25) is 4.57 Å². The molecule has 0 unspecified atom stereocenters. The highest BCUT2D eigenvalue weighted by molar-refractivity contribution is 7.71. The van der Waals surface area contributed by atoms with E-state index < -0.39 is 0 Å². The Morgan fingerprint density at radius 2 is 1.95 bits per heavy atom. The van der Waals surface area contributed by atoms with Crippen molar-refractivity contribution in [1.29, 1.82) is 0 Å². The van der Waals surface area contributed by atoms with E-state index in [1.165, 1.54) is 16.8 Å². The Hall–Kier alpha value is -1.87. The maximum atomic E-state index is 5.49. The van der Waals surface area contributed by atoms with E-state index in [2.05, 4.69) is 65.9 Å². The van der Waals surface area contributed by atoms with Crippen molar-refractivity contribution in [2.24, 2.45) is 0 Å². The number of benzene rings is 2. The molecule has 2 nitrogen and oxygen atoms in total. The van der Waals surface area contributed by atoms with Crippen molar-refractivity contribution in [2.75, 3.05) is 0 Å². The minimum atomic E-state index is 0.751. The lowest BCUT2D eigenvalue weighted by Gasteiger charge is -2.10. The van der Waals surface area contributed by atoms with E-state index in [0.29, 0.717) is 0 Å². The third kappa shape index (κ3) is 2.00. The molecule has 96 valence electrons. The molecule has 2 aromatic carbocycles. The van der Waals surface area contributed by atoms with Crippen LogP contribution in [0, 0.1) is 11.7 Å². The predicted molar refractivity (Wildman–Crippen MR) is 82.6 cm³/mol. The Bertz CT molecular complexity index is 796. The second-order valence-corrected chi connectivity index (χ2v) is 5.16. The lowest BCUT2D eigenvalue weighted by molar-refractivity contribution is 1.01. The molecule has 3 rings (SSSR count). The lowest BCUT2D eigenvalue weighted by Crippen LogP contribution is -1.98. The average molecular weight is 268 g/mol. The number of aromatic amines is 1. The number of aromatic nitrogens is 2. The van der Waals surface area contributed by atoms with Crippen molar-refractivity contribution < 1.29 is 0 Å². The average Bonchev–Trinajstić information content (AvgIpc) is 2.74. The standard InChI is InChI=1S/C16H16N2S/c1-3-12-6-4-5-7-14(12)18-15-10-11(2)8-9-13(15)17-16(18)19/h4-10H,3H2,1-2H3,(H,17,19). The van der Waals surface area contributed by atoms with Gasteiger partial charge in [-0.05, 0) is 54.9 Å². The molecule has 0 saturated heterocycles. The van der Waals surface area contributed by atoms with E-state index in [1.807, 2.05) is 0 Å². The van der Waals surface area contributed by atoms with Crippen molar-refractivity contribution in [3.63, 3.8) is 0 Å². The monoisotopic (exact) mass is 268 g/mol. The van der Waals surface area contributed by atoms with Gasteiger partial charge in [0.2, 0.25) is 0 Å². The van der Waals surface area contributed by atoms with Gasteiger partial charge in [-0.25, -0.2) is 0 Å². The molecule has 0 aliphatic carbocycles. The number of nitrogens with one attached hydrogen (secondary N) is 1. The van der Waals surface area contributed by atoms with Gasteiger partial charge in [0.25, 0.3) is 0 Å². The third-order valence-corrected chi connectivity index (χ3v) is 3.74. The number of rotatable bonds is 2. The Morgan fingerprint density at radius 3 is 2.74 bits per heavy atom. The molecule has 19 heavy (non-hydrogen) atoms. The van der Waals surface area contributed by atoms with Crippen molar-refractivity contribution in [3.05, 3.63) is 58.4 Å². The highest BCUT2D eigenvalue weighted by Gasteiger charge is 2.09. The molecule has 0 atom stereocenters. The van der Waals surface area contributed by atoms with Crippen LogP contribution in [0.5, 0.6) is 0 Å². The van der Waals surface area contributed by atoms with E-state index in [4.69, 9.17) is 12.2 Å². The summed E-state index contributed by atoms with van der Waals surface area (Å²) in [6, 6.07) is 14.8.